The third-order valence-corrected chi connectivity index (χ3v) is 2.94. The van der Waals surface area contributed by atoms with Gasteiger partial charge in [0.15, 0.2) is 12.2 Å². The summed E-state index contributed by atoms with van der Waals surface area (Å²) in [6, 6.07) is 5.39. The van der Waals surface area contributed by atoms with Crippen molar-refractivity contribution >= 4 is 27.5 Å². The first kappa shape index (κ1) is 11.5. The number of hydrogen-bond donors (Lipinski definition) is 0. The Labute approximate surface area is 107 Å². The topological polar surface area (TPSA) is 35.3 Å². The molecule has 0 saturated heterocycles. The number of halogens is 2. The number of methoxy groups -OCH3 is 1. The van der Waals surface area contributed by atoms with Crippen LogP contribution in [0.15, 0.2) is 29.0 Å². The predicted octanol–water partition coefficient (Wildman–Crippen LogP) is 3.90. The molecule has 0 spiro atoms. The molecule has 0 N–H and O–H groups in total. The van der Waals surface area contributed by atoms with Crippen LogP contribution < -0.4 is 4.74 Å². The molecule has 0 aliphatic carbocycles. The van der Waals surface area contributed by atoms with Gasteiger partial charge in [0.25, 0.3) is 0 Å². The van der Waals surface area contributed by atoms with Crippen LogP contribution in [0.3, 0.4) is 0 Å². The van der Waals surface area contributed by atoms with Crippen LogP contribution in [0.2, 0.25) is 5.02 Å². The molecule has 0 atom stereocenters. The Kier molecular flexibility index (Phi) is 3.51. The Hall–Kier alpha value is -1.00. The van der Waals surface area contributed by atoms with Crippen LogP contribution in [0.5, 0.6) is 5.75 Å². The third kappa shape index (κ3) is 2.08. The highest BCUT2D eigenvalue weighted by Gasteiger charge is 2.14. The number of benzene rings is 1. The zero-order chi connectivity index (χ0) is 11.5. The Morgan fingerprint density at radius 1 is 1.50 bits per heavy atom. The van der Waals surface area contributed by atoms with E-state index in [0.717, 1.165) is 11.3 Å². The van der Waals surface area contributed by atoms with Gasteiger partial charge in [-0.3, -0.25) is 0 Å². The molecule has 0 amide bonds. The number of aromatic nitrogens is 1. The van der Waals surface area contributed by atoms with Crippen molar-refractivity contribution in [3.63, 3.8) is 0 Å². The van der Waals surface area contributed by atoms with Gasteiger partial charge < -0.3 is 9.15 Å². The molecule has 2 rings (SSSR count). The molecule has 16 heavy (non-hydrogen) atoms. The van der Waals surface area contributed by atoms with Crippen LogP contribution in [0, 0.1) is 0 Å². The number of nitrogens with zero attached hydrogens (tertiary/aromatic N) is 1. The van der Waals surface area contributed by atoms with Crippen molar-refractivity contribution in [2.75, 3.05) is 7.11 Å². The Bertz CT molecular complexity index is 498. The van der Waals surface area contributed by atoms with E-state index in [0.29, 0.717) is 21.9 Å². The first-order valence-corrected chi connectivity index (χ1v) is 6.08. The molecular weight excluding hydrogens is 293 g/mol. The van der Waals surface area contributed by atoms with Crippen molar-refractivity contribution in [2.45, 2.75) is 5.33 Å². The highest BCUT2D eigenvalue weighted by molar-refractivity contribution is 9.08. The Morgan fingerprint density at radius 3 is 3.00 bits per heavy atom. The average molecular weight is 303 g/mol. The molecule has 0 bridgehead atoms. The molecule has 5 heteroatoms. The predicted molar refractivity (Wildman–Crippen MR) is 66.1 cm³/mol. The van der Waals surface area contributed by atoms with Gasteiger partial charge in [-0.05, 0) is 18.2 Å². The van der Waals surface area contributed by atoms with Crippen molar-refractivity contribution in [1.82, 2.24) is 4.98 Å². The fourth-order valence-electron chi connectivity index (χ4n) is 1.44. The quantitative estimate of drug-likeness (QED) is 0.807. The Morgan fingerprint density at radius 2 is 2.31 bits per heavy atom. The summed E-state index contributed by atoms with van der Waals surface area (Å²) in [5, 5.41) is 1.26. The van der Waals surface area contributed by atoms with Gasteiger partial charge in [-0.1, -0.05) is 27.5 Å². The highest BCUT2D eigenvalue weighted by atomic mass is 79.9. The van der Waals surface area contributed by atoms with E-state index in [1.807, 2.05) is 6.07 Å². The summed E-state index contributed by atoms with van der Waals surface area (Å²) in [5.41, 5.74) is 1.68. The second-order valence-corrected chi connectivity index (χ2v) is 4.10. The SMILES string of the molecule is COc1cc(Cl)ccc1-c1ocnc1CBr. The van der Waals surface area contributed by atoms with Crippen LogP contribution in [-0.4, -0.2) is 12.1 Å². The smallest absolute Gasteiger partial charge is 0.181 e. The summed E-state index contributed by atoms with van der Waals surface area (Å²) < 4.78 is 10.6. The number of alkyl halides is 1. The zero-order valence-corrected chi connectivity index (χ0v) is 10.9. The molecule has 1 aromatic carbocycles. The molecule has 3 nitrogen and oxygen atoms in total. The Balaban J connectivity index is 2.55. The highest BCUT2D eigenvalue weighted by Crippen LogP contribution is 2.34. The summed E-state index contributed by atoms with van der Waals surface area (Å²) in [6.45, 7) is 0. The van der Waals surface area contributed by atoms with Crippen molar-refractivity contribution in [3.8, 4) is 17.1 Å². The minimum Gasteiger partial charge on any atom is -0.496 e. The largest absolute Gasteiger partial charge is 0.496 e. The first-order valence-electron chi connectivity index (χ1n) is 4.58. The van der Waals surface area contributed by atoms with Crippen LogP contribution in [0.1, 0.15) is 5.69 Å². The molecule has 84 valence electrons. The molecule has 0 aliphatic heterocycles. The van der Waals surface area contributed by atoms with E-state index in [2.05, 4.69) is 20.9 Å². The van der Waals surface area contributed by atoms with Gasteiger partial charge >= 0.3 is 0 Å². The normalized spacial score (nSPS) is 10.4. The zero-order valence-electron chi connectivity index (χ0n) is 8.54. The van der Waals surface area contributed by atoms with Crippen molar-refractivity contribution in [1.29, 1.82) is 0 Å². The van der Waals surface area contributed by atoms with Gasteiger partial charge in [0.05, 0.1) is 18.4 Å². The van der Waals surface area contributed by atoms with Crippen LogP contribution in [0.4, 0.5) is 0 Å². The molecule has 0 radical (unpaired) electrons. The van der Waals surface area contributed by atoms with E-state index in [-0.39, 0.29) is 0 Å². The summed E-state index contributed by atoms with van der Waals surface area (Å²) >= 11 is 9.25. The van der Waals surface area contributed by atoms with Crippen molar-refractivity contribution < 1.29 is 9.15 Å². The van der Waals surface area contributed by atoms with E-state index in [4.69, 9.17) is 20.8 Å². The van der Waals surface area contributed by atoms with Gasteiger partial charge in [0.1, 0.15) is 5.75 Å². The van der Waals surface area contributed by atoms with Crippen LogP contribution in [0.25, 0.3) is 11.3 Å². The molecule has 2 aromatic rings. The first-order chi connectivity index (χ1) is 7.76. The second kappa shape index (κ2) is 4.89. The van der Waals surface area contributed by atoms with Crippen LogP contribution in [-0.2, 0) is 5.33 Å². The lowest BCUT2D eigenvalue weighted by atomic mass is 10.1. The summed E-state index contributed by atoms with van der Waals surface area (Å²) in [5.74, 6) is 1.37. The monoisotopic (exact) mass is 301 g/mol. The minimum atomic E-state index is 0.625. The van der Waals surface area contributed by atoms with Crippen molar-refractivity contribution in [3.05, 3.63) is 35.3 Å². The fraction of sp³-hybridized carbons (Fsp3) is 0.182. The van der Waals surface area contributed by atoms with E-state index >= 15 is 0 Å². The van der Waals surface area contributed by atoms with Gasteiger partial charge in [-0.15, -0.1) is 0 Å². The number of ether oxygens (including phenoxy) is 1. The lowest BCUT2D eigenvalue weighted by molar-refractivity contribution is 0.414. The molecule has 0 saturated carbocycles. The molecular formula is C11H9BrClNO2. The van der Waals surface area contributed by atoms with E-state index in [1.54, 1.807) is 19.2 Å². The van der Waals surface area contributed by atoms with E-state index in [9.17, 15) is 0 Å². The average Bonchev–Trinajstić information content (AvgIpc) is 2.76. The molecule has 0 fully saturated rings. The summed E-state index contributed by atoms with van der Waals surface area (Å²) in [4.78, 5) is 4.11. The number of oxazole rings is 1. The standard InChI is InChI=1S/C11H9BrClNO2/c1-15-10-4-7(13)2-3-8(10)11-9(5-12)14-6-16-11/h2-4,6H,5H2,1H3. The fourth-order valence-corrected chi connectivity index (χ4v) is 2.00. The number of hydrogen-bond acceptors (Lipinski definition) is 3. The van der Waals surface area contributed by atoms with E-state index in [1.165, 1.54) is 6.39 Å². The van der Waals surface area contributed by atoms with Gasteiger partial charge in [0.2, 0.25) is 0 Å². The van der Waals surface area contributed by atoms with Crippen LogP contribution >= 0.6 is 27.5 Å². The van der Waals surface area contributed by atoms with Gasteiger partial charge in [-0.25, -0.2) is 4.98 Å². The maximum atomic E-state index is 5.90. The van der Waals surface area contributed by atoms with Gasteiger partial charge in [0, 0.05) is 10.4 Å². The third-order valence-electron chi connectivity index (χ3n) is 2.18. The van der Waals surface area contributed by atoms with Crippen molar-refractivity contribution in [2.24, 2.45) is 0 Å². The lowest BCUT2D eigenvalue weighted by Crippen LogP contribution is -1.89. The minimum absolute atomic E-state index is 0.625. The summed E-state index contributed by atoms with van der Waals surface area (Å²) in [6.07, 6.45) is 1.42. The summed E-state index contributed by atoms with van der Waals surface area (Å²) in [7, 11) is 1.60. The molecule has 1 heterocycles. The van der Waals surface area contributed by atoms with Gasteiger partial charge in [-0.2, -0.15) is 0 Å². The number of rotatable bonds is 3. The molecule has 1 aromatic heterocycles. The molecule has 0 unspecified atom stereocenters. The maximum Gasteiger partial charge on any atom is 0.181 e. The maximum absolute atomic E-state index is 5.90. The molecule has 0 aliphatic rings. The van der Waals surface area contributed by atoms with E-state index < -0.39 is 0 Å². The second-order valence-electron chi connectivity index (χ2n) is 3.11. The lowest BCUT2D eigenvalue weighted by Gasteiger charge is -2.07.